The molecule has 84 valence electrons. The molecule has 0 saturated carbocycles. The third kappa shape index (κ3) is 2.93. The first-order valence-corrected chi connectivity index (χ1v) is 4.83. The second-order valence-electron chi connectivity index (χ2n) is 3.54. The van der Waals surface area contributed by atoms with Crippen LogP contribution < -0.4 is 5.73 Å². The summed E-state index contributed by atoms with van der Waals surface area (Å²) in [5.41, 5.74) is 5.14. The number of carboxylic acids is 1. The van der Waals surface area contributed by atoms with Crippen molar-refractivity contribution in [2.45, 2.75) is 31.7 Å². The van der Waals surface area contributed by atoms with Crippen LogP contribution in [0, 0.1) is 0 Å². The number of hydrogen-bond donors (Lipinski definition) is 2. The molecular formula is C9H14N2O4. The van der Waals surface area contributed by atoms with E-state index >= 15 is 0 Å². The first-order chi connectivity index (χ1) is 7.02. The van der Waals surface area contributed by atoms with Crippen LogP contribution in [-0.2, 0) is 14.4 Å². The highest BCUT2D eigenvalue weighted by atomic mass is 16.4. The van der Waals surface area contributed by atoms with E-state index in [1.54, 1.807) is 0 Å². The van der Waals surface area contributed by atoms with Crippen LogP contribution in [0.3, 0.4) is 0 Å². The monoisotopic (exact) mass is 214 g/mol. The second-order valence-corrected chi connectivity index (χ2v) is 3.54. The SMILES string of the molecule is NC(=O)[C@@H](CCC(=O)O)N1CCCC1=O. The summed E-state index contributed by atoms with van der Waals surface area (Å²) in [5, 5.41) is 8.50. The van der Waals surface area contributed by atoms with Crippen molar-refractivity contribution >= 4 is 17.8 Å². The summed E-state index contributed by atoms with van der Waals surface area (Å²) in [7, 11) is 0. The van der Waals surface area contributed by atoms with Gasteiger partial charge in [0.1, 0.15) is 6.04 Å². The molecule has 6 nitrogen and oxygen atoms in total. The minimum Gasteiger partial charge on any atom is -0.481 e. The molecule has 0 bridgehead atoms. The Kier molecular flexibility index (Phi) is 3.65. The first kappa shape index (κ1) is 11.5. The summed E-state index contributed by atoms with van der Waals surface area (Å²) in [6, 6.07) is -0.768. The molecule has 1 aliphatic rings. The topological polar surface area (TPSA) is 101 Å². The Labute approximate surface area is 87.0 Å². The predicted octanol–water partition coefficient (Wildman–Crippen LogP) is -0.673. The van der Waals surface area contributed by atoms with Crippen LogP contribution in [0.15, 0.2) is 0 Å². The van der Waals surface area contributed by atoms with Crippen LogP contribution in [-0.4, -0.2) is 40.4 Å². The van der Waals surface area contributed by atoms with Gasteiger partial charge in [-0.2, -0.15) is 0 Å². The number of carbonyl (C=O) groups is 3. The summed E-state index contributed by atoms with van der Waals surface area (Å²) >= 11 is 0. The van der Waals surface area contributed by atoms with E-state index < -0.39 is 17.9 Å². The number of amides is 2. The molecule has 0 aromatic rings. The molecule has 1 saturated heterocycles. The molecule has 3 N–H and O–H groups in total. The van der Waals surface area contributed by atoms with Gasteiger partial charge in [0.05, 0.1) is 0 Å². The Balaban J connectivity index is 2.61. The molecular weight excluding hydrogens is 200 g/mol. The molecule has 0 radical (unpaired) electrons. The molecule has 1 rings (SSSR count). The van der Waals surface area contributed by atoms with Crippen LogP contribution in [0.25, 0.3) is 0 Å². The van der Waals surface area contributed by atoms with Crippen LogP contribution in [0.5, 0.6) is 0 Å². The van der Waals surface area contributed by atoms with Gasteiger partial charge in [-0.1, -0.05) is 0 Å². The Morgan fingerprint density at radius 1 is 1.53 bits per heavy atom. The summed E-state index contributed by atoms with van der Waals surface area (Å²) in [5.74, 6) is -1.75. The number of primary amides is 1. The van der Waals surface area contributed by atoms with E-state index in [1.165, 1.54) is 4.90 Å². The lowest BCUT2D eigenvalue weighted by atomic mass is 10.1. The summed E-state index contributed by atoms with van der Waals surface area (Å²) < 4.78 is 0. The van der Waals surface area contributed by atoms with E-state index in [4.69, 9.17) is 10.8 Å². The Morgan fingerprint density at radius 3 is 2.60 bits per heavy atom. The molecule has 0 spiro atoms. The highest BCUT2D eigenvalue weighted by molar-refractivity contribution is 5.88. The normalized spacial score (nSPS) is 17.9. The lowest BCUT2D eigenvalue weighted by Gasteiger charge is -2.24. The molecule has 6 heteroatoms. The number of hydrogen-bond acceptors (Lipinski definition) is 3. The maximum atomic E-state index is 11.3. The van der Waals surface area contributed by atoms with Crippen molar-refractivity contribution in [3.8, 4) is 0 Å². The summed E-state index contributed by atoms with van der Waals surface area (Å²) in [6.45, 7) is 0.492. The lowest BCUT2D eigenvalue weighted by molar-refractivity contribution is -0.140. The maximum Gasteiger partial charge on any atom is 0.303 e. The first-order valence-electron chi connectivity index (χ1n) is 4.83. The average molecular weight is 214 g/mol. The van der Waals surface area contributed by atoms with Gasteiger partial charge >= 0.3 is 5.97 Å². The molecule has 1 fully saturated rings. The van der Waals surface area contributed by atoms with Gasteiger partial charge in [0, 0.05) is 19.4 Å². The molecule has 2 amide bonds. The zero-order chi connectivity index (χ0) is 11.4. The third-order valence-electron chi connectivity index (χ3n) is 2.45. The van der Waals surface area contributed by atoms with Gasteiger partial charge in [-0.3, -0.25) is 14.4 Å². The van der Waals surface area contributed by atoms with Crippen molar-refractivity contribution < 1.29 is 19.5 Å². The smallest absolute Gasteiger partial charge is 0.303 e. The fourth-order valence-corrected chi connectivity index (χ4v) is 1.71. The van der Waals surface area contributed by atoms with Crippen molar-refractivity contribution in [1.82, 2.24) is 4.90 Å². The van der Waals surface area contributed by atoms with Crippen LogP contribution in [0.1, 0.15) is 25.7 Å². The fourth-order valence-electron chi connectivity index (χ4n) is 1.71. The van der Waals surface area contributed by atoms with Gasteiger partial charge in [-0.25, -0.2) is 0 Å². The number of nitrogens with two attached hydrogens (primary N) is 1. The van der Waals surface area contributed by atoms with Crippen molar-refractivity contribution in [2.75, 3.05) is 6.54 Å². The van der Waals surface area contributed by atoms with Gasteiger partial charge in [0.2, 0.25) is 11.8 Å². The molecule has 0 aromatic carbocycles. The van der Waals surface area contributed by atoms with E-state index in [2.05, 4.69) is 0 Å². The van der Waals surface area contributed by atoms with E-state index in [0.717, 1.165) is 0 Å². The number of aliphatic carboxylic acids is 1. The Morgan fingerprint density at radius 2 is 2.20 bits per heavy atom. The number of likely N-dealkylation sites (tertiary alicyclic amines) is 1. The molecule has 0 aliphatic carbocycles. The standard InChI is InChI=1S/C9H14N2O4/c10-9(15)6(3-4-8(13)14)11-5-1-2-7(11)12/h6H,1-5H2,(H2,10,15)(H,13,14)/t6-/m1/s1. The van der Waals surface area contributed by atoms with E-state index in [-0.39, 0.29) is 18.7 Å². The second kappa shape index (κ2) is 4.77. The summed E-state index contributed by atoms with van der Waals surface area (Å²) in [4.78, 5) is 34.2. The molecule has 15 heavy (non-hydrogen) atoms. The average Bonchev–Trinajstić information content (AvgIpc) is 2.51. The van der Waals surface area contributed by atoms with Crippen LogP contribution in [0.4, 0.5) is 0 Å². The molecule has 0 aromatic heterocycles. The van der Waals surface area contributed by atoms with Gasteiger partial charge in [0.15, 0.2) is 0 Å². The zero-order valence-electron chi connectivity index (χ0n) is 8.31. The van der Waals surface area contributed by atoms with Gasteiger partial charge in [0.25, 0.3) is 0 Å². The van der Waals surface area contributed by atoms with Crippen LogP contribution in [0.2, 0.25) is 0 Å². The zero-order valence-corrected chi connectivity index (χ0v) is 8.31. The Bertz CT molecular complexity index is 290. The van der Waals surface area contributed by atoms with Gasteiger partial charge in [-0.15, -0.1) is 0 Å². The number of nitrogens with zero attached hydrogens (tertiary/aromatic N) is 1. The predicted molar refractivity (Wildman–Crippen MR) is 50.8 cm³/mol. The molecule has 1 aliphatic heterocycles. The largest absolute Gasteiger partial charge is 0.481 e. The molecule has 0 unspecified atom stereocenters. The summed E-state index contributed by atoms with van der Waals surface area (Å²) in [6.07, 6.45) is 1.06. The minimum absolute atomic E-state index is 0.0937. The quantitative estimate of drug-likeness (QED) is 0.633. The fraction of sp³-hybridized carbons (Fsp3) is 0.667. The van der Waals surface area contributed by atoms with Crippen molar-refractivity contribution in [1.29, 1.82) is 0 Å². The maximum absolute atomic E-state index is 11.3. The lowest BCUT2D eigenvalue weighted by Crippen LogP contribution is -2.45. The van der Waals surface area contributed by atoms with Crippen molar-refractivity contribution in [3.05, 3.63) is 0 Å². The van der Waals surface area contributed by atoms with Gasteiger partial charge in [-0.05, 0) is 12.8 Å². The van der Waals surface area contributed by atoms with E-state index in [1.807, 2.05) is 0 Å². The molecule has 1 heterocycles. The number of carbonyl (C=O) groups excluding carboxylic acids is 2. The number of rotatable bonds is 5. The highest BCUT2D eigenvalue weighted by Crippen LogP contribution is 2.16. The van der Waals surface area contributed by atoms with E-state index in [9.17, 15) is 14.4 Å². The third-order valence-corrected chi connectivity index (χ3v) is 2.45. The minimum atomic E-state index is -0.993. The van der Waals surface area contributed by atoms with Crippen LogP contribution >= 0.6 is 0 Å². The number of carboxylic acid groups (broad SMARTS) is 1. The van der Waals surface area contributed by atoms with E-state index in [0.29, 0.717) is 19.4 Å². The van der Waals surface area contributed by atoms with Crippen molar-refractivity contribution in [3.63, 3.8) is 0 Å². The highest BCUT2D eigenvalue weighted by Gasteiger charge is 2.31. The molecule has 1 atom stereocenters. The Hall–Kier alpha value is -1.59. The van der Waals surface area contributed by atoms with Gasteiger partial charge < -0.3 is 15.7 Å². The van der Waals surface area contributed by atoms with Crippen molar-refractivity contribution in [2.24, 2.45) is 5.73 Å².